The molecule has 1 rings (SSSR count). The topological polar surface area (TPSA) is 26.3 Å². The highest BCUT2D eigenvalue weighted by Gasteiger charge is 2.09. The van der Waals surface area contributed by atoms with Gasteiger partial charge in [0, 0.05) is 12.0 Å². The number of halogens is 1. The van der Waals surface area contributed by atoms with Crippen LogP contribution in [0.15, 0.2) is 18.2 Å². The van der Waals surface area contributed by atoms with Gasteiger partial charge in [-0.05, 0) is 31.5 Å². The number of alkyl halides is 1. The van der Waals surface area contributed by atoms with E-state index in [4.69, 9.17) is 4.74 Å². The van der Waals surface area contributed by atoms with E-state index in [9.17, 15) is 9.18 Å². The van der Waals surface area contributed by atoms with Gasteiger partial charge in [0.2, 0.25) is 0 Å². The number of rotatable bonds is 4. The SMILES string of the molecule is COc1ccc(C(C)F)cc1CC(C)=O. The number of ketones is 1. The molecule has 1 aromatic carbocycles. The van der Waals surface area contributed by atoms with Crippen molar-refractivity contribution in [2.24, 2.45) is 0 Å². The van der Waals surface area contributed by atoms with Crippen LogP contribution in [0.1, 0.15) is 31.1 Å². The van der Waals surface area contributed by atoms with Crippen molar-refractivity contribution in [3.8, 4) is 5.75 Å². The monoisotopic (exact) mass is 210 g/mol. The Morgan fingerprint density at radius 3 is 2.67 bits per heavy atom. The Morgan fingerprint density at radius 1 is 1.53 bits per heavy atom. The predicted molar refractivity (Wildman–Crippen MR) is 56.9 cm³/mol. The van der Waals surface area contributed by atoms with E-state index in [1.165, 1.54) is 21.0 Å². The zero-order valence-electron chi connectivity index (χ0n) is 9.21. The van der Waals surface area contributed by atoms with Crippen LogP contribution in [0.25, 0.3) is 0 Å². The first-order chi connectivity index (χ1) is 7.04. The van der Waals surface area contributed by atoms with Crippen molar-refractivity contribution in [1.82, 2.24) is 0 Å². The van der Waals surface area contributed by atoms with Crippen LogP contribution < -0.4 is 4.74 Å². The van der Waals surface area contributed by atoms with Crippen molar-refractivity contribution in [1.29, 1.82) is 0 Å². The van der Waals surface area contributed by atoms with E-state index in [-0.39, 0.29) is 12.2 Å². The molecule has 15 heavy (non-hydrogen) atoms. The molecule has 1 atom stereocenters. The first kappa shape index (κ1) is 11.7. The maximum atomic E-state index is 13.1. The molecule has 0 saturated carbocycles. The summed E-state index contributed by atoms with van der Waals surface area (Å²) in [7, 11) is 1.54. The van der Waals surface area contributed by atoms with Crippen molar-refractivity contribution in [2.45, 2.75) is 26.4 Å². The number of hydrogen-bond acceptors (Lipinski definition) is 2. The standard InChI is InChI=1S/C12H15FO2/c1-8(14)6-11-7-10(9(2)13)4-5-12(11)15-3/h4-5,7,9H,6H2,1-3H3. The first-order valence-electron chi connectivity index (χ1n) is 4.85. The maximum Gasteiger partial charge on any atom is 0.134 e. The smallest absolute Gasteiger partial charge is 0.134 e. The first-order valence-corrected chi connectivity index (χ1v) is 4.85. The molecular weight excluding hydrogens is 195 g/mol. The van der Waals surface area contributed by atoms with Gasteiger partial charge in [0.1, 0.15) is 17.7 Å². The van der Waals surface area contributed by atoms with Crippen LogP contribution in [0, 0.1) is 0 Å². The van der Waals surface area contributed by atoms with Crippen LogP contribution >= 0.6 is 0 Å². The van der Waals surface area contributed by atoms with Crippen molar-refractivity contribution in [2.75, 3.05) is 7.11 Å². The second kappa shape index (κ2) is 4.91. The molecule has 0 amide bonds. The molecule has 0 aliphatic heterocycles. The Balaban J connectivity index is 3.07. The minimum absolute atomic E-state index is 0.0389. The van der Waals surface area contributed by atoms with Crippen LogP contribution in [0.3, 0.4) is 0 Å². The van der Waals surface area contributed by atoms with Crippen LogP contribution in [-0.2, 0) is 11.2 Å². The van der Waals surface area contributed by atoms with Gasteiger partial charge in [0.05, 0.1) is 7.11 Å². The molecule has 82 valence electrons. The average molecular weight is 210 g/mol. The molecule has 0 radical (unpaired) electrons. The van der Waals surface area contributed by atoms with E-state index >= 15 is 0 Å². The lowest BCUT2D eigenvalue weighted by Gasteiger charge is -2.10. The lowest BCUT2D eigenvalue weighted by Crippen LogP contribution is -2.01. The van der Waals surface area contributed by atoms with Crippen LogP contribution in [0.5, 0.6) is 5.75 Å². The summed E-state index contributed by atoms with van der Waals surface area (Å²) in [6, 6.07) is 5.06. The molecule has 0 saturated heterocycles. The van der Waals surface area contributed by atoms with E-state index in [1.54, 1.807) is 18.2 Å². The number of ether oxygens (including phenoxy) is 1. The molecule has 0 aliphatic carbocycles. The Labute approximate surface area is 89.1 Å². The Bertz CT molecular complexity index is 359. The quantitative estimate of drug-likeness (QED) is 0.763. The van der Waals surface area contributed by atoms with Crippen LogP contribution in [0.4, 0.5) is 4.39 Å². The Hall–Kier alpha value is -1.38. The minimum Gasteiger partial charge on any atom is -0.496 e. The van der Waals surface area contributed by atoms with E-state index < -0.39 is 6.17 Å². The molecule has 3 heteroatoms. The summed E-state index contributed by atoms with van der Waals surface area (Å²) in [4.78, 5) is 11.0. The summed E-state index contributed by atoms with van der Waals surface area (Å²) in [6.07, 6.45) is -0.745. The number of carbonyl (C=O) groups is 1. The van der Waals surface area contributed by atoms with E-state index in [0.717, 1.165) is 5.56 Å². The Morgan fingerprint density at radius 2 is 2.20 bits per heavy atom. The highest BCUT2D eigenvalue weighted by Crippen LogP contribution is 2.25. The van der Waals surface area contributed by atoms with Crippen molar-refractivity contribution in [3.05, 3.63) is 29.3 Å². The number of hydrogen-bond donors (Lipinski definition) is 0. The van der Waals surface area contributed by atoms with Gasteiger partial charge in [0.25, 0.3) is 0 Å². The van der Waals surface area contributed by atoms with Crippen molar-refractivity contribution in [3.63, 3.8) is 0 Å². The zero-order valence-corrected chi connectivity index (χ0v) is 9.21. The van der Waals surface area contributed by atoms with Crippen LogP contribution in [0.2, 0.25) is 0 Å². The zero-order chi connectivity index (χ0) is 11.4. The van der Waals surface area contributed by atoms with E-state index in [1.807, 2.05) is 0 Å². The van der Waals surface area contributed by atoms with Gasteiger partial charge < -0.3 is 4.74 Å². The molecule has 1 aromatic rings. The lowest BCUT2D eigenvalue weighted by atomic mass is 10.0. The fourth-order valence-corrected chi connectivity index (χ4v) is 1.45. The fourth-order valence-electron chi connectivity index (χ4n) is 1.45. The molecule has 0 heterocycles. The minimum atomic E-state index is -1.03. The summed E-state index contributed by atoms with van der Waals surface area (Å²) in [6.45, 7) is 2.98. The molecule has 2 nitrogen and oxygen atoms in total. The lowest BCUT2D eigenvalue weighted by molar-refractivity contribution is -0.116. The molecule has 0 bridgehead atoms. The molecule has 1 unspecified atom stereocenters. The van der Waals surface area contributed by atoms with Gasteiger partial charge >= 0.3 is 0 Å². The summed E-state index contributed by atoms with van der Waals surface area (Å²) in [5, 5.41) is 0. The van der Waals surface area contributed by atoms with Crippen molar-refractivity contribution < 1.29 is 13.9 Å². The third-order valence-electron chi connectivity index (χ3n) is 2.20. The normalized spacial score (nSPS) is 12.3. The summed E-state index contributed by atoms with van der Waals surface area (Å²) >= 11 is 0. The Kier molecular flexibility index (Phi) is 3.83. The van der Waals surface area contributed by atoms with Crippen molar-refractivity contribution >= 4 is 5.78 Å². The van der Waals surface area contributed by atoms with E-state index in [2.05, 4.69) is 0 Å². The number of methoxy groups -OCH3 is 1. The molecular formula is C12H15FO2. The number of benzene rings is 1. The average Bonchev–Trinajstić information content (AvgIpc) is 2.16. The van der Waals surface area contributed by atoms with Gasteiger partial charge in [0.15, 0.2) is 0 Å². The maximum absolute atomic E-state index is 13.1. The number of Topliss-reactive ketones (excluding diaryl/α,β-unsaturated/α-hetero) is 1. The molecule has 0 aromatic heterocycles. The predicted octanol–water partition coefficient (Wildman–Crippen LogP) is 2.86. The number of carbonyl (C=O) groups excluding carboxylic acids is 1. The van der Waals surface area contributed by atoms with Gasteiger partial charge in [-0.2, -0.15) is 0 Å². The second-order valence-electron chi connectivity index (χ2n) is 3.57. The van der Waals surface area contributed by atoms with Gasteiger partial charge in [-0.25, -0.2) is 4.39 Å². The fraction of sp³-hybridized carbons (Fsp3) is 0.417. The molecule has 0 aliphatic rings. The highest BCUT2D eigenvalue weighted by molar-refractivity contribution is 5.79. The largest absolute Gasteiger partial charge is 0.496 e. The molecule has 0 N–H and O–H groups in total. The van der Waals surface area contributed by atoms with Gasteiger partial charge in [-0.1, -0.05) is 6.07 Å². The summed E-state index contributed by atoms with van der Waals surface area (Å²) < 4.78 is 18.2. The summed E-state index contributed by atoms with van der Waals surface area (Å²) in [5.41, 5.74) is 1.32. The third-order valence-corrected chi connectivity index (χ3v) is 2.20. The van der Waals surface area contributed by atoms with E-state index in [0.29, 0.717) is 11.3 Å². The third kappa shape index (κ3) is 3.05. The van der Waals surface area contributed by atoms with Gasteiger partial charge in [-0.15, -0.1) is 0 Å². The highest BCUT2D eigenvalue weighted by atomic mass is 19.1. The van der Waals surface area contributed by atoms with Crippen LogP contribution in [-0.4, -0.2) is 12.9 Å². The second-order valence-corrected chi connectivity index (χ2v) is 3.57. The summed E-state index contributed by atoms with van der Waals surface area (Å²) in [5.74, 6) is 0.673. The van der Waals surface area contributed by atoms with Gasteiger partial charge in [-0.3, -0.25) is 4.79 Å². The molecule has 0 spiro atoms. The molecule has 0 fully saturated rings.